The number of aliphatic carboxylic acids is 1. The molecule has 0 spiro atoms. The summed E-state index contributed by atoms with van der Waals surface area (Å²) in [5.74, 6) is -1.85. The van der Waals surface area contributed by atoms with Gasteiger partial charge in [-0.15, -0.1) is 0 Å². The summed E-state index contributed by atoms with van der Waals surface area (Å²) in [5, 5.41) is 11.1. The average molecular weight is 342 g/mol. The van der Waals surface area contributed by atoms with Gasteiger partial charge in [-0.05, 0) is 18.9 Å². The monoisotopic (exact) mass is 342 g/mol. The van der Waals surface area contributed by atoms with Crippen molar-refractivity contribution in [2.45, 2.75) is 57.4 Å². The van der Waals surface area contributed by atoms with E-state index >= 15 is 0 Å². The van der Waals surface area contributed by atoms with Gasteiger partial charge in [0.2, 0.25) is 5.91 Å². The Kier molecular flexibility index (Phi) is 5.56. The number of rotatable bonds is 7. The predicted molar refractivity (Wildman–Crippen MR) is 84.7 cm³/mol. The Morgan fingerprint density at radius 2 is 2.04 bits per heavy atom. The van der Waals surface area contributed by atoms with Crippen LogP contribution in [0.1, 0.15) is 46.0 Å². The minimum Gasteiger partial charge on any atom is -0.477 e. The van der Waals surface area contributed by atoms with Crippen LogP contribution in [0.3, 0.4) is 0 Å². The molecule has 2 unspecified atom stereocenters. The first-order valence-corrected chi connectivity index (χ1v) is 9.19. The topological polar surface area (TPSA) is 104 Å². The summed E-state index contributed by atoms with van der Waals surface area (Å²) >= 11 is 0. The van der Waals surface area contributed by atoms with E-state index in [0.29, 0.717) is 12.0 Å². The van der Waals surface area contributed by atoms with E-state index in [0.717, 1.165) is 30.6 Å². The SMILES string of the molecule is CCCCCCC(=O)NC1C(=O)N2C(C(=O)O)=C(C)CS(=O)[C@@H]12. The highest BCUT2D eigenvalue weighted by atomic mass is 32.2. The number of fused-ring (bicyclic) bond motifs is 1. The van der Waals surface area contributed by atoms with E-state index in [1.54, 1.807) is 6.92 Å². The number of hydrogen-bond acceptors (Lipinski definition) is 4. The first-order valence-electron chi connectivity index (χ1n) is 7.81. The molecule has 0 aliphatic carbocycles. The Morgan fingerprint density at radius 1 is 1.35 bits per heavy atom. The summed E-state index contributed by atoms with van der Waals surface area (Å²) in [7, 11) is -1.40. The van der Waals surface area contributed by atoms with Crippen LogP contribution in [0.25, 0.3) is 0 Å². The highest BCUT2D eigenvalue weighted by molar-refractivity contribution is 7.86. The van der Waals surface area contributed by atoms with Crippen molar-refractivity contribution >= 4 is 28.6 Å². The molecule has 23 heavy (non-hydrogen) atoms. The predicted octanol–water partition coefficient (Wildman–Crippen LogP) is 0.731. The third-order valence-corrected chi connectivity index (χ3v) is 5.83. The quantitative estimate of drug-likeness (QED) is 0.524. The van der Waals surface area contributed by atoms with Crippen LogP contribution in [0.5, 0.6) is 0 Å². The van der Waals surface area contributed by atoms with Crippen LogP contribution in [-0.4, -0.2) is 49.2 Å². The summed E-state index contributed by atoms with van der Waals surface area (Å²) < 4.78 is 12.2. The van der Waals surface area contributed by atoms with Gasteiger partial charge in [0.1, 0.15) is 17.1 Å². The number of carboxylic acid groups (broad SMARTS) is 1. The minimum absolute atomic E-state index is 0.104. The van der Waals surface area contributed by atoms with Gasteiger partial charge in [-0.1, -0.05) is 26.2 Å². The molecule has 0 radical (unpaired) electrons. The molecule has 1 fully saturated rings. The number of β-lactam (4-membered cyclic amide) rings is 1. The first kappa shape index (κ1) is 17.7. The molecule has 0 aromatic rings. The third kappa shape index (κ3) is 3.46. The lowest BCUT2D eigenvalue weighted by Crippen LogP contribution is -2.73. The van der Waals surface area contributed by atoms with Crippen molar-refractivity contribution in [3.8, 4) is 0 Å². The van der Waals surface area contributed by atoms with Gasteiger partial charge < -0.3 is 10.4 Å². The Morgan fingerprint density at radius 3 is 2.65 bits per heavy atom. The van der Waals surface area contributed by atoms with E-state index in [1.165, 1.54) is 0 Å². The van der Waals surface area contributed by atoms with Crippen LogP contribution in [0, 0.1) is 0 Å². The number of hydrogen-bond donors (Lipinski definition) is 2. The molecule has 2 N–H and O–H groups in total. The molecule has 0 aromatic heterocycles. The van der Waals surface area contributed by atoms with Crippen molar-refractivity contribution in [1.29, 1.82) is 0 Å². The number of carboxylic acids is 1. The molecule has 8 heteroatoms. The second-order valence-electron chi connectivity index (χ2n) is 5.91. The zero-order valence-corrected chi connectivity index (χ0v) is 14.1. The molecule has 2 aliphatic rings. The molecule has 2 aliphatic heterocycles. The van der Waals surface area contributed by atoms with E-state index < -0.39 is 34.1 Å². The molecular formula is C15H22N2O5S. The van der Waals surface area contributed by atoms with Crippen LogP contribution in [0.15, 0.2) is 11.3 Å². The van der Waals surface area contributed by atoms with Crippen molar-refractivity contribution in [2.75, 3.05) is 5.75 Å². The molecular weight excluding hydrogens is 320 g/mol. The number of carbonyl (C=O) groups excluding carboxylic acids is 2. The standard InChI is InChI=1S/C15H22N2O5S/c1-3-4-5-6-7-10(18)16-11-13(19)17-12(15(20)21)9(2)8-23(22)14(11)17/h11,14H,3-8H2,1-2H3,(H,16,18)(H,20,21)/t11?,14-,23?/m0/s1. The molecule has 2 amide bonds. The van der Waals surface area contributed by atoms with Crippen molar-refractivity contribution < 1.29 is 23.7 Å². The second-order valence-corrected chi connectivity index (χ2v) is 7.45. The van der Waals surface area contributed by atoms with Crippen molar-refractivity contribution in [3.63, 3.8) is 0 Å². The van der Waals surface area contributed by atoms with Crippen LogP contribution in [0.4, 0.5) is 0 Å². The van der Waals surface area contributed by atoms with Gasteiger partial charge in [0.25, 0.3) is 5.91 Å². The van der Waals surface area contributed by atoms with Gasteiger partial charge >= 0.3 is 5.97 Å². The maximum atomic E-state index is 12.2. The lowest BCUT2D eigenvalue weighted by Gasteiger charge is -2.48. The van der Waals surface area contributed by atoms with Gasteiger partial charge in [0.15, 0.2) is 0 Å². The van der Waals surface area contributed by atoms with E-state index in [2.05, 4.69) is 12.2 Å². The Balaban J connectivity index is 2.00. The summed E-state index contributed by atoms with van der Waals surface area (Å²) in [5.41, 5.74) is 0.317. The number of carbonyl (C=O) groups is 3. The van der Waals surface area contributed by atoms with Gasteiger partial charge in [0.05, 0.1) is 10.8 Å². The fraction of sp³-hybridized carbons (Fsp3) is 0.667. The largest absolute Gasteiger partial charge is 0.477 e. The van der Waals surface area contributed by atoms with Crippen molar-refractivity contribution in [1.82, 2.24) is 10.2 Å². The number of amides is 2. The number of nitrogens with zero attached hydrogens (tertiary/aromatic N) is 1. The smallest absolute Gasteiger partial charge is 0.352 e. The van der Waals surface area contributed by atoms with E-state index in [9.17, 15) is 23.7 Å². The summed E-state index contributed by atoms with van der Waals surface area (Å²) in [6.07, 6.45) is 4.15. The molecule has 1 saturated heterocycles. The Hall–Kier alpha value is -1.70. The normalized spacial score (nSPS) is 26.6. The molecule has 2 rings (SSSR count). The molecule has 0 aromatic carbocycles. The fourth-order valence-electron chi connectivity index (χ4n) is 2.92. The van der Waals surface area contributed by atoms with Crippen LogP contribution in [0.2, 0.25) is 0 Å². The highest BCUT2D eigenvalue weighted by Gasteiger charge is 2.56. The summed E-state index contributed by atoms with van der Waals surface area (Å²) in [6.45, 7) is 3.64. The van der Waals surface area contributed by atoms with Crippen molar-refractivity contribution in [3.05, 3.63) is 11.3 Å². The molecule has 3 atom stereocenters. The fourth-order valence-corrected chi connectivity index (χ4v) is 4.59. The van der Waals surface area contributed by atoms with Crippen molar-refractivity contribution in [2.24, 2.45) is 0 Å². The number of nitrogens with one attached hydrogen (secondary N) is 1. The Bertz CT molecular complexity index is 586. The molecule has 7 nitrogen and oxygen atoms in total. The number of unbranched alkanes of at least 4 members (excludes halogenated alkanes) is 3. The van der Waals surface area contributed by atoms with E-state index in [4.69, 9.17) is 0 Å². The maximum Gasteiger partial charge on any atom is 0.352 e. The average Bonchev–Trinajstić information content (AvgIpc) is 2.48. The zero-order valence-electron chi connectivity index (χ0n) is 13.3. The van der Waals surface area contributed by atoms with E-state index in [-0.39, 0.29) is 17.4 Å². The minimum atomic E-state index is -1.40. The Labute approximate surface area is 137 Å². The molecule has 128 valence electrons. The van der Waals surface area contributed by atoms with Gasteiger partial charge in [-0.25, -0.2) is 4.79 Å². The first-order chi connectivity index (χ1) is 10.9. The summed E-state index contributed by atoms with van der Waals surface area (Å²) in [6, 6.07) is -0.878. The third-order valence-electron chi connectivity index (χ3n) is 4.09. The maximum absolute atomic E-state index is 12.2. The zero-order chi connectivity index (χ0) is 17.1. The highest BCUT2D eigenvalue weighted by Crippen LogP contribution is 2.34. The van der Waals surface area contributed by atoms with Gasteiger partial charge in [-0.2, -0.15) is 0 Å². The van der Waals surface area contributed by atoms with E-state index in [1.807, 2.05) is 0 Å². The molecule has 0 bridgehead atoms. The molecule has 2 heterocycles. The van der Waals surface area contributed by atoms with Crippen LogP contribution in [-0.2, 0) is 25.2 Å². The van der Waals surface area contributed by atoms with Gasteiger partial charge in [-0.3, -0.25) is 18.7 Å². The second kappa shape index (κ2) is 7.25. The van der Waals surface area contributed by atoms with Crippen LogP contribution >= 0.6 is 0 Å². The summed E-state index contributed by atoms with van der Waals surface area (Å²) in [4.78, 5) is 36.5. The van der Waals surface area contributed by atoms with Crippen LogP contribution < -0.4 is 5.32 Å². The lowest BCUT2D eigenvalue weighted by molar-refractivity contribution is -0.151. The molecule has 0 saturated carbocycles. The lowest BCUT2D eigenvalue weighted by atomic mass is 10.0. The van der Waals surface area contributed by atoms with Gasteiger partial charge in [0, 0.05) is 12.2 Å².